The Hall–Kier alpha value is -2.58. The fourth-order valence-corrected chi connectivity index (χ4v) is 7.02. The van der Waals surface area contributed by atoms with Crippen LogP contribution < -0.4 is 4.72 Å². The Kier molecular flexibility index (Phi) is 7.06. The van der Waals surface area contributed by atoms with Crippen LogP contribution in [0.1, 0.15) is 36.8 Å². The minimum Gasteiger partial charge on any atom is -0.411 e. The Bertz CT molecular complexity index is 1290. The maximum Gasteiger partial charge on any atom is 0.511 e. The van der Waals surface area contributed by atoms with Gasteiger partial charge in [0.25, 0.3) is 0 Å². The molecule has 0 bridgehead atoms. The van der Waals surface area contributed by atoms with Gasteiger partial charge in [0.1, 0.15) is 16.4 Å². The predicted molar refractivity (Wildman–Crippen MR) is 111 cm³/mol. The van der Waals surface area contributed by atoms with E-state index in [0.29, 0.717) is 5.56 Å². The van der Waals surface area contributed by atoms with E-state index in [2.05, 4.69) is 5.16 Å². The van der Waals surface area contributed by atoms with E-state index < -0.39 is 66.2 Å². The van der Waals surface area contributed by atoms with Gasteiger partial charge >= 0.3 is 15.5 Å². The van der Waals surface area contributed by atoms with Gasteiger partial charge in [0.05, 0.1) is 11.1 Å². The van der Waals surface area contributed by atoms with Crippen LogP contribution in [0.3, 0.4) is 0 Å². The fourth-order valence-electron chi connectivity index (χ4n) is 4.04. The molecule has 7 nitrogen and oxygen atoms in total. The number of hydrogen-bond donors (Lipinski definition) is 2. The van der Waals surface area contributed by atoms with Gasteiger partial charge < -0.3 is 5.21 Å². The lowest BCUT2D eigenvalue weighted by Gasteiger charge is -2.40. The normalized spacial score (nSPS) is 22.2. The Balaban J connectivity index is 2.05. The minimum absolute atomic E-state index is 0.277. The molecule has 0 atom stereocenters. The highest BCUT2D eigenvalue weighted by Crippen LogP contribution is 2.48. The van der Waals surface area contributed by atoms with Crippen molar-refractivity contribution in [2.45, 2.75) is 46.9 Å². The van der Waals surface area contributed by atoms with Gasteiger partial charge in [0.15, 0.2) is 9.84 Å². The molecule has 1 saturated carbocycles. The lowest BCUT2D eigenvalue weighted by atomic mass is 9.80. The van der Waals surface area contributed by atoms with Gasteiger partial charge in [0.2, 0.25) is 0 Å². The van der Waals surface area contributed by atoms with Crippen molar-refractivity contribution in [1.29, 1.82) is 0 Å². The Labute approximate surface area is 192 Å². The molecule has 14 heteroatoms. The van der Waals surface area contributed by atoms with Gasteiger partial charge in [-0.25, -0.2) is 30.3 Å². The molecular weight excluding hydrogens is 507 g/mol. The summed E-state index contributed by atoms with van der Waals surface area (Å²) in [5, 5.41) is 11.4. The third kappa shape index (κ3) is 4.79. The van der Waals surface area contributed by atoms with Crippen LogP contribution in [0.25, 0.3) is 0 Å². The van der Waals surface area contributed by atoms with Crippen molar-refractivity contribution < 1.29 is 44.0 Å². The second-order valence-corrected chi connectivity index (χ2v) is 11.7. The third-order valence-electron chi connectivity index (χ3n) is 5.75. The van der Waals surface area contributed by atoms with Crippen LogP contribution >= 0.6 is 0 Å². The topological polar surface area (TPSA) is 113 Å². The molecule has 2 N–H and O–H groups in total. The summed E-state index contributed by atoms with van der Waals surface area (Å²) in [5.74, 6) is -1.94. The zero-order chi connectivity index (χ0) is 25.4. The molecule has 0 saturated heterocycles. The Morgan fingerprint density at radius 2 is 1.59 bits per heavy atom. The highest BCUT2D eigenvalue weighted by atomic mass is 32.2. The lowest BCUT2D eigenvalue weighted by molar-refractivity contribution is -0.0452. The monoisotopic (exact) mass is 526 g/mol. The molecule has 0 unspecified atom stereocenters. The van der Waals surface area contributed by atoms with E-state index in [1.54, 1.807) is 0 Å². The maximum absolute atomic E-state index is 14.8. The lowest BCUT2D eigenvalue weighted by Crippen LogP contribution is -2.48. The summed E-state index contributed by atoms with van der Waals surface area (Å²) in [6, 6.07) is 5.98. The first-order valence-electron chi connectivity index (χ1n) is 9.80. The van der Waals surface area contributed by atoms with Gasteiger partial charge in [0, 0.05) is 11.6 Å². The zero-order valence-electron chi connectivity index (χ0n) is 17.3. The standard InChI is InChI=1S/C20H19F5N2O5S2/c21-14-3-6-18(22)17(11-14)19(33(29,30)16-4-1-13(2-5-16)12-26-28)9-7-15(8-10-19)27-34(31,32)20(23,24)25/h1-6,11-12,15,27-28H,7-10H2/b26-12+. The van der Waals surface area contributed by atoms with E-state index in [0.717, 1.165) is 24.4 Å². The van der Waals surface area contributed by atoms with Crippen LogP contribution in [0.2, 0.25) is 0 Å². The summed E-state index contributed by atoms with van der Waals surface area (Å²) in [7, 11) is -10.1. The number of sulfonamides is 1. The number of oxime groups is 1. The van der Waals surface area contributed by atoms with E-state index >= 15 is 0 Å². The summed E-state index contributed by atoms with van der Waals surface area (Å²) in [6.07, 6.45) is -0.656. The first-order valence-corrected chi connectivity index (χ1v) is 12.8. The van der Waals surface area contributed by atoms with Crippen LogP contribution in [0, 0.1) is 11.6 Å². The van der Waals surface area contributed by atoms with Crippen molar-refractivity contribution in [3.8, 4) is 0 Å². The minimum atomic E-state index is -5.68. The van der Waals surface area contributed by atoms with E-state index in [4.69, 9.17) is 5.21 Å². The number of hydrogen-bond acceptors (Lipinski definition) is 6. The summed E-state index contributed by atoms with van der Waals surface area (Å²) >= 11 is 0. The summed E-state index contributed by atoms with van der Waals surface area (Å²) in [4.78, 5) is -0.277. The molecule has 2 aromatic carbocycles. The van der Waals surface area contributed by atoms with Crippen LogP contribution in [-0.2, 0) is 24.6 Å². The fraction of sp³-hybridized carbons (Fsp3) is 0.350. The van der Waals surface area contributed by atoms with Crippen LogP contribution in [0.15, 0.2) is 52.5 Å². The first-order chi connectivity index (χ1) is 15.7. The number of nitrogens with zero attached hydrogens (tertiary/aromatic N) is 1. The highest BCUT2D eigenvalue weighted by Gasteiger charge is 2.52. The van der Waals surface area contributed by atoms with Gasteiger partial charge in [-0.3, -0.25) is 0 Å². The van der Waals surface area contributed by atoms with Gasteiger partial charge in [-0.1, -0.05) is 17.3 Å². The zero-order valence-corrected chi connectivity index (χ0v) is 18.9. The summed E-state index contributed by atoms with van der Waals surface area (Å²) in [6.45, 7) is 0. The molecule has 0 amide bonds. The van der Waals surface area contributed by atoms with Crippen LogP contribution in [0.5, 0.6) is 0 Å². The third-order valence-corrected chi connectivity index (χ3v) is 9.55. The Morgan fingerprint density at radius 1 is 1.00 bits per heavy atom. The molecule has 2 aromatic rings. The molecule has 3 rings (SSSR count). The van der Waals surface area contributed by atoms with Crippen LogP contribution in [0.4, 0.5) is 22.0 Å². The van der Waals surface area contributed by atoms with Gasteiger partial charge in [-0.05, 0) is 61.6 Å². The smallest absolute Gasteiger partial charge is 0.411 e. The van der Waals surface area contributed by atoms with E-state index in [9.17, 15) is 38.8 Å². The molecule has 1 fully saturated rings. The predicted octanol–water partition coefficient (Wildman–Crippen LogP) is 3.82. The largest absolute Gasteiger partial charge is 0.511 e. The van der Waals surface area contributed by atoms with Crippen molar-refractivity contribution >= 4 is 26.1 Å². The number of benzene rings is 2. The average Bonchev–Trinajstić information content (AvgIpc) is 2.75. The number of nitrogens with one attached hydrogen (secondary N) is 1. The molecule has 1 aliphatic carbocycles. The number of rotatable bonds is 6. The second kappa shape index (κ2) is 9.23. The van der Waals surface area contributed by atoms with Crippen molar-refractivity contribution in [3.63, 3.8) is 0 Å². The van der Waals surface area contributed by atoms with E-state index in [-0.39, 0.29) is 17.7 Å². The molecule has 186 valence electrons. The second-order valence-electron chi connectivity index (χ2n) is 7.78. The van der Waals surface area contributed by atoms with Crippen LogP contribution in [-0.4, -0.2) is 39.8 Å². The van der Waals surface area contributed by atoms with Crippen molar-refractivity contribution in [2.75, 3.05) is 0 Å². The number of halogens is 5. The molecule has 34 heavy (non-hydrogen) atoms. The van der Waals surface area contributed by atoms with E-state index in [1.165, 1.54) is 29.0 Å². The first kappa shape index (κ1) is 26.0. The quantitative estimate of drug-likeness (QED) is 0.257. The summed E-state index contributed by atoms with van der Waals surface area (Å²) in [5.41, 5.74) is -5.70. The molecule has 0 aliphatic heterocycles. The van der Waals surface area contributed by atoms with Gasteiger partial charge in [-0.2, -0.15) is 13.2 Å². The number of alkyl halides is 3. The van der Waals surface area contributed by atoms with Gasteiger partial charge in [-0.15, -0.1) is 0 Å². The van der Waals surface area contributed by atoms with Crippen molar-refractivity contribution in [1.82, 2.24) is 4.72 Å². The summed E-state index contributed by atoms with van der Waals surface area (Å²) < 4.78 is 117. The maximum atomic E-state index is 14.8. The van der Waals surface area contributed by atoms with E-state index in [1.807, 2.05) is 0 Å². The van der Waals surface area contributed by atoms with Crippen molar-refractivity contribution in [2.24, 2.45) is 5.16 Å². The average molecular weight is 527 g/mol. The molecular formula is C20H19F5N2O5S2. The SMILES string of the molecule is O=S(=O)(NC1CCC(c2cc(F)ccc2F)(S(=O)(=O)c2ccc(/C=N/O)cc2)CC1)C(F)(F)F. The molecule has 1 aliphatic rings. The van der Waals surface area contributed by atoms with Crippen molar-refractivity contribution in [3.05, 3.63) is 65.2 Å². The Morgan fingerprint density at radius 3 is 2.12 bits per heavy atom. The number of sulfone groups is 1. The molecule has 0 heterocycles. The highest BCUT2D eigenvalue weighted by molar-refractivity contribution is 7.92. The molecule has 0 aromatic heterocycles. The molecule has 0 spiro atoms. The molecule has 0 radical (unpaired) electrons.